The van der Waals surface area contributed by atoms with E-state index in [0.29, 0.717) is 6.04 Å². The maximum absolute atomic E-state index is 10.8. The van der Waals surface area contributed by atoms with Gasteiger partial charge in [0.15, 0.2) is 0 Å². The number of nitrogens with zero attached hydrogens (tertiary/aromatic N) is 2. The lowest BCUT2D eigenvalue weighted by Gasteiger charge is -2.20. The molecule has 2 rings (SSSR count). The second kappa shape index (κ2) is 5.96. The molecule has 0 saturated heterocycles. The number of hydrogen-bond acceptors (Lipinski definition) is 4. The SMILES string of the molecule is CCNC(C)C(C)c1ccc2cc([N+](=O)[O-])ccc2n1. The van der Waals surface area contributed by atoms with Crippen molar-refractivity contribution in [2.24, 2.45) is 0 Å². The predicted octanol–water partition coefficient (Wildman–Crippen LogP) is 3.24. The molecule has 0 radical (unpaired) electrons. The molecule has 20 heavy (non-hydrogen) atoms. The van der Waals surface area contributed by atoms with E-state index in [1.54, 1.807) is 12.1 Å². The smallest absolute Gasteiger partial charge is 0.270 e. The van der Waals surface area contributed by atoms with E-state index in [9.17, 15) is 10.1 Å². The van der Waals surface area contributed by atoms with Crippen molar-refractivity contribution in [3.8, 4) is 0 Å². The first-order chi connectivity index (χ1) is 9.52. The van der Waals surface area contributed by atoms with Crippen LogP contribution in [0.25, 0.3) is 10.9 Å². The van der Waals surface area contributed by atoms with Gasteiger partial charge in [-0.25, -0.2) is 0 Å². The molecule has 2 atom stereocenters. The zero-order chi connectivity index (χ0) is 14.7. The van der Waals surface area contributed by atoms with Crippen molar-refractivity contribution < 1.29 is 4.92 Å². The summed E-state index contributed by atoms with van der Waals surface area (Å²) in [4.78, 5) is 15.0. The van der Waals surface area contributed by atoms with Gasteiger partial charge in [0.2, 0.25) is 0 Å². The van der Waals surface area contributed by atoms with Gasteiger partial charge in [-0.15, -0.1) is 0 Å². The molecule has 0 aliphatic carbocycles. The molecular formula is C15H19N3O2. The van der Waals surface area contributed by atoms with Crippen LogP contribution in [0.4, 0.5) is 5.69 Å². The molecule has 1 heterocycles. The van der Waals surface area contributed by atoms with Crippen molar-refractivity contribution in [1.29, 1.82) is 0 Å². The summed E-state index contributed by atoms with van der Waals surface area (Å²) >= 11 is 0. The van der Waals surface area contributed by atoms with Gasteiger partial charge in [-0.1, -0.05) is 19.9 Å². The second-order valence-electron chi connectivity index (χ2n) is 5.01. The number of nitro benzene ring substituents is 1. The number of hydrogen-bond donors (Lipinski definition) is 1. The molecule has 2 aromatic rings. The van der Waals surface area contributed by atoms with Crippen LogP contribution in [0.5, 0.6) is 0 Å². The molecule has 0 fully saturated rings. The van der Waals surface area contributed by atoms with Gasteiger partial charge < -0.3 is 5.32 Å². The van der Waals surface area contributed by atoms with E-state index in [1.807, 2.05) is 12.1 Å². The standard InChI is InChI=1S/C15H19N3O2/c1-4-16-11(3)10(2)14-7-5-12-9-13(18(19)20)6-8-15(12)17-14/h5-11,16H,4H2,1-3H3. The largest absolute Gasteiger partial charge is 0.314 e. The first-order valence-electron chi connectivity index (χ1n) is 6.81. The molecule has 0 saturated carbocycles. The Labute approximate surface area is 118 Å². The Morgan fingerprint density at radius 2 is 2.05 bits per heavy atom. The Hall–Kier alpha value is -2.01. The third-order valence-electron chi connectivity index (χ3n) is 3.65. The van der Waals surface area contributed by atoms with Crippen LogP contribution in [-0.2, 0) is 0 Å². The Morgan fingerprint density at radius 3 is 2.70 bits per heavy atom. The summed E-state index contributed by atoms with van der Waals surface area (Å²) in [6.45, 7) is 7.27. The molecule has 2 unspecified atom stereocenters. The van der Waals surface area contributed by atoms with E-state index >= 15 is 0 Å². The van der Waals surface area contributed by atoms with Crippen molar-refractivity contribution in [2.75, 3.05) is 6.54 Å². The minimum atomic E-state index is -0.386. The van der Waals surface area contributed by atoms with Crippen molar-refractivity contribution in [3.63, 3.8) is 0 Å². The molecular weight excluding hydrogens is 254 g/mol. The fraction of sp³-hybridized carbons (Fsp3) is 0.400. The zero-order valence-electron chi connectivity index (χ0n) is 12.0. The van der Waals surface area contributed by atoms with Crippen LogP contribution in [0.3, 0.4) is 0 Å². The number of nitro groups is 1. The van der Waals surface area contributed by atoms with Gasteiger partial charge in [-0.2, -0.15) is 0 Å². The number of rotatable bonds is 5. The van der Waals surface area contributed by atoms with E-state index in [4.69, 9.17) is 0 Å². The molecule has 0 aliphatic rings. The van der Waals surface area contributed by atoms with E-state index in [-0.39, 0.29) is 16.5 Å². The van der Waals surface area contributed by atoms with Crippen LogP contribution in [0.2, 0.25) is 0 Å². The molecule has 1 aromatic carbocycles. The van der Waals surface area contributed by atoms with Gasteiger partial charge in [-0.3, -0.25) is 15.1 Å². The molecule has 1 aromatic heterocycles. The van der Waals surface area contributed by atoms with Gasteiger partial charge >= 0.3 is 0 Å². The quantitative estimate of drug-likeness (QED) is 0.670. The number of pyridine rings is 1. The Morgan fingerprint density at radius 1 is 1.30 bits per heavy atom. The average molecular weight is 273 g/mol. The topological polar surface area (TPSA) is 68.1 Å². The van der Waals surface area contributed by atoms with Gasteiger partial charge in [0.1, 0.15) is 0 Å². The van der Waals surface area contributed by atoms with Crippen molar-refractivity contribution in [1.82, 2.24) is 10.3 Å². The fourth-order valence-corrected chi connectivity index (χ4v) is 2.25. The number of nitrogens with one attached hydrogen (secondary N) is 1. The summed E-state index contributed by atoms with van der Waals surface area (Å²) in [7, 11) is 0. The maximum Gasteiger partial charge on any atom is 0.270 e. The summed E-state index contributed by atoms with van der Waals surface area (Å²) in [6, 6.07) is 8.96. The number of aromatic nitrogens is 1. The minimum absolute atomic E-state index is 0.0983. The first kappa shape index (κ1) is 14.4. The normalized spacial score (nSPS) is 14.2. The lowest BCUT2D eigenvalue weighted by molar-refractivity contribution is -0.384. The molecule has 5 nitrogen and oxygen atoms in total. The van der Waals surface area contributed by atoms with Crippen LogP contribution in [-0.4, -0.2) is 22.5 Å². The summed E-state index contributed by atoms with van der Waals surface area (Å²) in [5.41, 5.74) is 1.89. The van der Waals surface area contributed by atoms with Crippen molar-refractivity contribution in [2.45, 2.75) is 32.7 Å². The van der Waals surface area contributed by atoms with Crippen molar-refractivity contribution in [3.05, 3.63) is 46.1 Å². The highest BCUT2D eigenvalue weighted by Crippen LogP contribution is 2.23. The fourth-order valence-electron chi connectivity index (χ4n) is 2.25. The molecule has 106 valence electrons. The first-order valence-corrected chi connectivity index (χ1v) is 6.81. The third kappa shape index (κ3) is 2.93. The van der Waals surface area contributed by atoms with E-state index in [1.165, 1.54) is 6.07 Å². The van der Waals surface area contributed by atoms with Gasteiger partial charge in [-0.05, 0) is 25.6 Å². The number of non-ortho nitro benzene ring substituents is 1. The molecule has 0 aliphatic heterocycles. The third-order valence-corrected chi connectivity index (χ3v) is 3.65. The summed E-state index contributed by atoms with van der Waals surface area (Å²) < 4.78 is 0. The highest BCUT2D eigenvalue weighted by molar-refractivity contribution is 5.81. The highest BCUT2D eigenvalue weighted by atomic mass is 16.6. The Balaban J connectivity index is 2.34. The lowest BCUT2D eigenvalue weighted by atomic mass is 9.98. The van der Waals surface area contributed by atoms with Crippen LogP contribution in [0.15, 0.2) is 30.3 Å². The number of benzene rings is 1. The zero-order valence-corrected chi connectivity index (χ0v) is 12.0. The van der Waals surface area contributed by atoms with Crippen LogP contribution in [0, 0.1) is 10.1 Å². The van der Waals surface area contributed by atoms with Crippen LogP contribution >= 0.6 is 0 Å². The van der Waals surface area contributed by atoms with Crippen molar-refractivity contribution >= 4 is 16.6 Å². The predicted molar refractivity (Wildman–Crippen MR) is 80.0 cm³/mol. The average Bonchev–Trinajstić information content (AvgIpc) is 2.45. The van der Waals surface area contributed by atoms with E-state index in [0.717, 1.165) is 23.1 Å². The molecule has 1 N–H and O–H groups in total. The van der Waals surface area contributed by atoms with Gasteiger partial charge in [0, 0.05) is 35.2 Å². The van der Waals surface area contributed by atoms with E-state index < -0.39 is 0 Å². The Bertz CT molecular complexity index is 628. The van der Waals surface area contributed by atoms with Crippen LogP contribution < -0.4 is 5.32 Å². The Kier molecular flexibility index (Phi) is 4.29. The van der Waals surface area contributed by atoms with E-state index in [2.05, 4.69) is 31.1 Å². The van der Waals surface area contributed by atoms with Crippen LogP contribution in [0.1, 0.15) is 32.4 Å². The number of likely N-dealkylation sites (N-methyl/N-ethyl adjacent to an activating group) is 1. The van der Waals surface area contributed by atoms with Gasteiger partial charge in [0.05, 0.1) is 10.4 Å². The maximum atomic E-state index is 10.8. The minimum Gasteiger partial charge on any atom is -0.314 e. The highest BCUT2D eigenvalue weighted by Gasteiger charge is 2.15. The molecule has 5 heteroatoms. The molecule has 0 spiro atoms. The number of fused-ring (bicyclic) bond motifs is 1. The lowest BCUT2D eigenvalue weighted by Crippen LogP contribution is -2.30. The summed E-state index contributed by atoms with van der Waals surface area (Å²) in [5, 5.41) is 14.9. The summed E-state index contributed by atoms with van der Waals surface area (Å²) in [6.07, 6.45) is 0. The molecule has 0 bridgehead atoms. The monoisotopic (exact) mass is 273 g/mol. The second-order valence-corrected chi connectivity index (χ2v) is 5.01. The summed E-state index contributed by atoms with van der Waals surface area (Å²) in [5.74, 6) is 0.287. The van der Waals surface area contributed by atoms with Gasteiger partial charge in [0.25, 0.3) is 5.69 Å². The molecule has 0 amide bonds.